The van der Waals surface area contributed by atoms with Gasteiger partial charge in [0, 0.05) is 0 Å². The monoisotopic (exact) mass is 382 g/mol. The van der Waals surface area contributed by atoms with Gasteiger partial charge < -0.3 is 19.7 Å². The minimum absolute atomic E-state index is 0.0259. The first-order chi connectivity index (χ1) is 13.5. The predicted molar refractivity (Wildman–Crippen MR) is 108 cm³/mol. The summed E-state index contributed by atoms with van der Waals surface area (Å²) in [6.07, 6.45) is 2.04. The summed E-state index contributed by atoms with van der Waals surface area (Å²) in [5.74, 6) is 0.939. The van der Waals surface area contributed by atoms with Crippen molar-refractivity contribution in [2.24, 2.45) is 0 Å². The Morgan fingerprint density at radius 1 is 1.11 bits per heavy atom. The zero-order valence-electron chi connectivity index (χ0n) is 16.6. The largest absolute Gasteiger partial charge is 0.493 e. The average molecular weight is 382 g/mol. The lowest BCUT2D eigenvalue weighted by Crippen LogP contribution is -2.36. The number of aryl methyl sites for hydroxylation is 1. The zero-order valence-corrected chi connectivity index (χ0v) is 16.6. The number of methoxy groups -OCH3 is 1. The molecule has 0 unspecified atom stereocenters. The van der Waals surface area contributed by atoms with Gasteiger partial charge >= 0.3 is 0 Å². The molecule has 2 aromatic carbocycles. The number of hydrogen-bond donors (Lipinski definition) is 1. The van der Waals surface area contributed by atoms with Crippen molar-refractivity contribution in [3.8, 4) is 11.5 Å². The summed E-state index contributed by atoms with van der Waals surface area (Å²) >= 11 is 0. The molecule has 0 radical (unpaired) electrons. The van der Waals surface area contributed by atoms with Gasteiger partial charge in [0.15, 0.2) is 11.5 Å². The summed E-state index contributed by atoms with van der Waals surface area (Å²) in [6.45, 7) is 4.99. The highest BCUT2D eigenvalue weighted by atomic mass is 16.5. The Morgan fingerprint density at radius 2 is 1.93 bits per heavy atom. The van der Waals surface area contributed by atoms with E-state index in [0.717, 1.165) is 24.0 Å². The van der Waals surface area contributed by atoms with Crippen LogP contribution in [0.2, 0.25) is 0 Å². The summed E-state index contributed by atoms with van der Waals surface area (Å²) < 4.78 is 11.2. The Hall–Kier alpha value is -3.02. The van der Waals surface area contributed by atoms with Gasteiger partial charge in [-0.2, -0.15) is 0 Å². The quantitative estimate of drug-likeness (QED) is 0.745. The first-order valence-corrected chi connectivity index (χ1v) is 9.52. The highest BCUT2D eigenvalue weighted by Crippen LogP contribution is 2.31. The van der Waals surface area contributed by atoms with E-state index in [4.69, 9.17) is 9.47 Å². The number of carbonyl (C=O) groups excluding carboxylic acids is 2. The molecule has 1 aliphatic rings. The van der Waals surface area contributed by atoms with E-state index in [9.17, 15) is 9.59 Å². The van der Waals surface area contributed by atoms with Crippen LogP contribution in [0, 0.1) is 6.92 Å². The van der Waals surface area contributed by atoms with Crippen LogP contribution in [0.4, 0.5) is 5.69 Å². The zero-order chi connectivity index (χ0) is 20.1. The Bertz CT molecular complexity index is 879. The fraction of sp³-hybridized carbons (Fsp3) is 0.364. The minimum atomic E-state index is -0.230. The number of unbranched alkanes of at least 4 members (excludes halogenated alkanes) is 1. The minimum Gasteiger partial charge on any atom is -0.493 e. The van der Waals surface area contributed by atoms with E-state index < -0.39 is 0 Å². The van der Waals surface area contributed by atoms with Crippen molar-refractivity contribution in [3.05, 3.63) is 53.1 Å². The third-order valence-electron chi connectivity index (χ3n) is 4.71. The van der Waals surface area contributed by atoms with Crippen LogP contribution in [-0.2, 0) is 11.3 Å². The molecule has 148 valence electrons. The molecule has 0 atom stereocenters. The van der Waals surface area contributed by atoms with E-state index in [1.807, 2.05) is 43.3 Å². The smallest absolute Gasteiger partial charge is 0.253 e. The molecule has 1 aliphatic heterocycles. The van der Waals surface area contributed by atoms with Gasteiger partial charge in [0.25, 0.3) is 5.91 Å². The fourth-order valence-electron chi connectivity index (χ4n) is 3.16. The molecule has 0 bridgehead atoms. The summed E-state index contributed by atoms with van der Waals surface area (Å²) in [5, 5.41) is 2.68. The normalized spacial score (nSPS) is 13.6. The predicted octanol–water partition coefficient (Wildman–Crippen LogP) is 3.46. The van der Waals surface area contributed by atoms with Crippen LogP contribution in [-0.4, -0.2) is 32.1 Å². The van der Waals surface area contributed by atoms with Gasteiger partial charge in [-0.25, -0.2) is 0 Å². The number of nitrogens with zero attached hydrogens (tertiary/aromatic N) is 1. The molecule has 1 heterocycles. The van der Waals surface area contributed by atoms with Gasteiger partial charge in [0.1, 0.15) is 0 Å². The molecular weight excluding hydrogens is 356 g/mol. The van der Waals surface area contributed by atoms with E-state index >= 15 is 0 Å². The third-order valence-corrected chi connectivity index (χ3v) is 4.71. The van der Waals surface area contributed by atoms with Gasteiger partial charge in [-0.1, -0.05) is 31.0 Å². The first-order valence-electron chi connectivity index (χ1n) is 9.52. The number of hydrogen-bond acceptors (Lipinski definition) is 4. The van der Waals surface area contributed by atoms with Gasteiger partial charge in [0.05, 0.1) is 38.1 Å². The molecule has 0 aliphatic carbocycles. The van der Waals surface area contributed by atoms with Crippen LogP contribution in [0.5, 0.6) is 11.5 Å². The van der Waals surface area contributed by atoms with Gasteiger partial charge in [-0.15, -0.1) is 0 Å². The standard InChI is InChI=1S/C22H26N2O4/c1-4-5-10-28-19-9-7-16(12-20(19)27-3)14-24-18-8-6-15(2)11-17(18)22(26)23-13-21(24)25/h6-9,11-12H,4-5,10,13-14H2,1-3H3,(H,23,26). The fourth-order valence-corrected chi connectivity index (χ4v) is 3.16. The Balaban J connectivity index is 1.88. The maximum absolute atomic E-state index is 12.7. The van der Waals surface area contributed by atoms with E-state index in [2.05, 4.69) is 12.2 Å². The van der Waals surface area contributed by atoms with Crippen LogP contribution in [0.3, 0.4) is 0 Å². The molecule has 0 spiro atoms. The second kappa shape index (κ2) is 8.78. The Labute approximate surface area is 165 Å². The highest BCUT2D eigenvalue weighted by molar-refractivity contribution is 6.09. The van der Waals surface area contributed by atoms with Crippen molar-refractivity contribution in [2.75, 3.05) is 25.2 Å². The number of anilines is 1. The number of carbonyl (C=O) groups is 2. The SMILES string of the molecule is CCCCOc1ccc(CN2C(=O)CNC(=O)c3cc(C)ccc32)cc1OC. The lowest BCUT2D eigenvalue weighted by molar-refractivity contribution is -0.117. The van der Waals surface area contributed by atoms with Gasteiger partial charge in [-0.05, 0) is 43.2 Å². The number of nitrogens with one attached hydrogen (secondary N) is 1. The van der Waals surface area contributed by atoms with Crippen molar-refractivity contribution >= 4 is 17.5 Å². The molecule has 3 rings (SSSR count). The average Bonchev–Trinajstić information content (AvgIpc) is 2.81. The molecular formula is C22H26N2O4. The van der Waals surface area contributed by atoms with E-state index in [1.165, 1.54) is 0 Å². The van der Waals surface area contributed by atoms with Crippen LogP contribution < -0.4 is 19.7 Å². The lowest BCUT2D eigenvalue weighted by Gasteiger charge is -2.23. The van der Waals surface area contributed by atoms with Crippen LogP contribution in [0.25, 0.3) is 0 Å². The summed E-state index contributed by atoms with van der Waals surface area (Å²) in [7, 11) is 1.60. The summed E-state index contributed by atoms with van der Waals surface area (Å²) in [4.78, 5) is 26.6. The van der Waals surface area contributed by atoms with Crippen LogP contribution in [0.1, 0.15) is 41.3 Å². The van der Waals surface area contributed by atoms with Gasteiger partial charge in [-0.3, -0.25) is 9.59 Å². The van der Waals surface area contributed by atoms with E-state index in [1.54, 1.807) is 12.0 Å². The molecule has 2 aromatic rings. The topological polar surface area (TPSA) is 67.9 Å². The van der Waals surface area contributed by atoms with Crippen molar-refractivity contribution in [1.82, 2.24) is 5.32 Å². The van der Waals surface area contributed by atoms with Crippen molar-refractivity contribution in [2.45, 2.75) is 33.2 Å². The lowest BCUT2D eigenvalue weighted by atomic mass is 10.1. The van der Waals surface area contributed by atoms with E-state index in [-0.39, 0.29) is 18.4 Å². The maximum atomic E-state index is 12.7. The Morgan fingerprint density at radius 3 is 2.68 bits per heavy atom. The second-order valence-electron chi connectivity index (χ2n) is 6.87. The molecule has 6 nitrogen and oxygen atoms in total. The van der Waals surface area contributed by atoms with Crippen LogP contribution in [0.15, 0.2) is 36.4 Å². The summed E-state index contributed by atoms with van der Waals surface area (Å²) in [5.41, 5.74) is 3.00. The molecule has 1 N–H and O–H groups in total. The number of rotatable bonds is 7. The molecule has 2 amide bonds. The first kappa shape index (κ1) is 19.7. The third kappa shape index (κ3) is 4.27. The summed E-state index contributed by atoms with van der Waals surface area (Å²) in [6, 6.07) is 11.2. The van der Waals surface area contributed by atoms with Crippen molar-refractivity contribution in [1.29, 1.82) is 0 Å². The number of amides is 2. The molecule has 0 fully saturated rings. The number of benzene rings is 2. The maximum Gasteiger partial charge on any atom is 0.253 e. The van der Waals surface area contributed by atoms with Crippen LogP contribution >= 0.6 is 0 Å². The molecule has 0 saturated carbocycles. The van der Waals surface area contributed by atoms with Crippen molar-refractivity contribution in [3.63, 3.8) is 0 Å². The molecule has 6 heteroatoms. The molecule has 0 aromatic heterocycles. The van der Waals surface area contributed by atoms with Crippen molar-refractivity contribution < 1.29 is 19.1 Å². The van der Waals surface area contributed by atoms with Gasteiger partial charge in [0.2, 0.25) is 5.91 Å². The number of ether oxygens (including phenoxy) is 2. The molecule has 0 saturated heterocycles. The molecule has 28 heavy (non-hydrogen) atoms. The second-order valence-corrected chi connectivity index (χ2v) is 6.87. The number of fused-ring (bicyclic) bond motifs is 1. The van der Waals surface area contributed by atoms with E-state index in [0.29, 0.717) is 35.9 Å². The Kier molecular flexibility index (Phi) is 6.19. The highest BCUT2D eigenvalue weighted by Gasteiger charge is 2.26.